The van der Waals surface area contributed by atoms with Gasteiger partial charge in [0.25, 0.3) is 5.91 Å². The lowest BCUT2D eigenvalue weighted by Gasteiger charge is -2.44. The number of carbonyl (C=O) groups is 2. The van der Waals surface area contributed by atoms with Crippen LogP contribution in [0.2, 0.25) is 10.0 Å². The van der Waals surface area contributed by atoms with Crippen molar-refractivity contribution in [3.63, 3.8) is 0 Å². The molecule has 232 valence electrons. The molecule has 0 saturated carbocycles. The lowest BCUT2D eigenvalue weighted by molar-refractivity contribution is -0.134. The summed E-state index contributed by atoms with van der Waals surface area (Å²) in [6.45, 7) is 3.12. The average Bonchev–Trinajstić information content (AvgIpc) is 3.28. The molecule has 44 heavy (non-hydrogen) atoms. The fraction of sp³-hybridized carbons (Fsp3) is 0.421. The summed E-state index contributed by atoms with van der Waals surface area (Å²) in [6, 6.07) is 26.1. The number of halogens is 2. The van der Waals surface area contributed by atoms with Crippen LogP contribution in [0.5, 0.6) is 0 Å². The molecule has 4 nitrogen and oxygen atoms in total. The maximum absolute atomic E-state index is 13.5. The first-order valence-corrected chi connectivity index (χ1v) is 16.8. The van der Waals surface area contributed by atoms with E-state index in [0.717, 1.165) is 76.3 Å². The number of benzene rings is 3. The van der Waals surface area contributed by atoms with Crippen molar-refractivity contribution in [1.29, 1.82) is 0 Å². The van der Waals surface area contributed by atoms with Crippen molar-refractivity contribution in [3.05, 3.63) is 117 Å². The van der Waals surface area contributed by atoms with E-state index in [9.17, 15) is 9.59 Å². The SMILES string of the molecule is CC(=O)N(C)C1(c2ccccc2)CCC=C(CCCC[C@]2(c3ccc(Cl)c(Cl)c3)CCCN(C(=O)c3ccccc3)C2)CC1. The second-order valence-corrected chi connectivity index (χ2v) is 13.5. The molecule has 1 unspecified atom stereocenters. The Balaban J connectivity index is 1.27. The Morgan fingerprint density at radius 2 is 1.59 bits per heavy atom. The molecule has 5 rings (SSSR count). The number of likely N-dealkylation sites (tertiary alicyclic amines) is 1. The van der Waals surface area contributed by atoms with Crippen molar-refractivity contribution in [2.75, 3.05) is 20.1 Å². The quantitative estimate of drug-likeness (QED) is 0.174. The number of piperidine rings is 1. The van der Waals surface area contributed by atoms with Crippen LogP contribution in [-0.2, 0) is 15.7 Å². The molecule has 0 N–H and O–H groups in total. The van der Waals surface area contributed by atoms with E-state index in [4.69, 9.17) is 23.2 Å². The lowest BCUT2D eigenvalue weighted by atomic mass is 9.70. The first-order valence-electron chi connectivity index (χ1n) is 16.0. The molecule has 1 aliphatic heterocycles. The summed E-state index contributed by atoms with van der Waals surface area (Å²) in [5.74, 6) is 0.202. The van der Waals surface area contributed by atoms with Crippen molar-refractivity contribution in [2.24, 2.45) is 0 Å². The molecule has 6 heteroatoms. The number of carbonyl (C=O) groups excluding carboxylic acids is 2. The molecule has 0 bridgehead atoms. The van der Waals surface area contributed by atoms with Gasteiger partial charge in [0.1, 0.15) is 0 Å². The third-order valence-corrected chi connectivity index (χ3v) is 10.8. The molecular formula is C38H44Cl2N2O2. The highest BCUT2D eigenvalue weighted by molar-refractivity contribution is 6.42. The zero-order valence-electron chi connectivity index (χ0n) is 26.0. The van der Waals surface area contributed by atoms with E-state index in [2.05, 4.69) is 36.4 Å². The van der Waals surface area contributed by atoms with E-state index in [-0.39, 0.29) is 22.8 Å². The number of allylic oxidation sites excluding steroid dienone is 2. The smallest absolute Gasteiger partial charge is 0.253 e. The summed E-state index contributed by atoms with van der Waals surface area (Å²) < 4.78 is 0. The van der Waals surface area contributed by atoms with Crippen LogP contribution in [0.3, 0.4) is 0 Å². The molecule has 3 aromatic rings. The van der Waals surface area contributed by atoms with Crippen LogP contribution >= 0.6 is 23.2 Å². The van der Waals surface area contributed by atoms with Gasteiger partial charge in [0.2, 0.25) is 5.91 Å². The molecule has 1 saturated heterocycles. The highest BCUT2D eigenvalue weighted by Gasteiger charge is 2.40. The molecule has 0 radical (unpaired) electrons. The van der Waals surface area contributed by atoms with Crippen LogP contribution in [0.4, 0.5) is 0 Å². The van der Waals surface area contributed by atoms with Gasteiger partial charge < -0.3 is 9.80 Å². The van der Waals surface area contributed by atoms with Gasteiger partial charge in [0, 0.05) is 38.0 Å². The van der Waals surface area contributed by atoms with Gasteiger partial charge in [-0.2, -0.15) is 0 Å². The maximum atomic E-state index is 13.5. The number of nitrogens with zero attached hydrogens (tertiary/aromatic N) is 2. The van der Waals surface area contributed by atoms with Crippen LogP contribution in [0.1, 0.15) is 92.6 Å². The predicted molar refractivity (Wildman–Crippen MR) is 181 cm³/mol. The van der Waals surface area contributed by atoms with E-state index < -0.39 is 0 Å². The Labute approximate surface area is 273 Å². The molecular weight excluding hydrogens is 587 g/mol. The Kier molecular flexibility index (Phi) is 10.5. The standard InChI is InChI=1S/C38H44Cl2N2O2/c1-29(43)41(2)38(32-17-7-4-8-18-32)24-11-14-30(21-25-38)13-9-10-22-37(33-19-20-34(39)35(40)27-33)23-12-26-42(28-37)36(44)31-15-5-3-6-16-31/h3-8,14-20,27H,9-13,21-26,28H2,1-2H3/t37-,38?/m0/s1. The minimum Gasteiger partial charge on any atom is -0.338 e. The third kappa shape index (κ3) is 7.08. The monoisotopic (exact) mass is 630 g/mol. The highest BCUT2D eigenvalue weighted by Crippen LogP contribution is 2.43. The number of hydrogen-bond acceptors (Lipinski definition) is 2. The molecule has 2 atom stereocenters. The fourth-order valence-electron chi connectivity index (χ4n) is 7.50. The van der Waals surface area contributed by atoms with Gasteiger partial charge in [-0.15, -0.1) is 0 Å². The first-order chi connectivity index (χ1) is 21.2. The van der Waals surface area contributed by atoms with Crippen molar-refractivity contribution >= 4 is 35.0 Å². The molecule has 0 aromatic heterocycles. The fourth-order valence-corrected chi connectivity index (χ4v) is 7.80. The summed E-state index contributed by atoms with van der Waals surface area (Å²) in [5, 5.41) is 1.12. The van der Waals surface area contributed by atoms with Crippen molar-refractivity contribution in [2.45, 2.75) is 82.1 Å². The van der Waals surface area contributed by atoms with E-state index in [1.54, 1.807) is 6.92 Å². The van der Waals surface area contributed by atoms with E-state index in [1.165, 1.54) is 16.7 Å². The molecule has 3 aromatic carbocycles. The second-order valence-electron chi connectivity index (χ2n) is 12.7. The number of amides is 2. The Morgan fingerprint density at radius 3 is 2.30 bits per heavy atom. The van der Waals surface area contributed by atoms with Crippen LogP contribution < -0.4 is 0 Å². The molecule has 2 amide bonds. The van der Waals surface area contributed by atoms with Crippen LogP contribution in [0.15, 0.2) is 90.5 Å². The third-order valence-electron chi connectivity index (χ3n) is 10.1. The zero-order chi connectivity index (χ0) is 31.2. The van der Waals surface area contributed by atoms with Crippen LogP contribution in [0.25, 0.3) is 0 Å². The number of hydrogen-bond donors (Lipinski definition) is 0. The maximum Gasteiger partial charge on any atom is 0.253 e. The Morgan fingerprint density at radius 1 is 0.864 bits per heavy atom. The van der Waals surface area contributed by atoms with Crippen molar-refractivity contribution in [1.82, 2.24) is 9.80 Å². The van der Waals surface area contributed by atoms with Gasteiger partial charge >= 0.3 is 0 Å². The first kappa shape index (κ1) is 32.3. The lowest BCUT2D eigenvalue weighted by Crippen LogP contribution is -2.48. The predicted octanol–water partition coefficient (Wildman–Crippen LogP) is 9.60. The van der Waals surface area contributed by atoms with Gasteiger partial charge in [-0.05, 0) is 93.2 Å². The summed E-state index contributed by atoms with van der Waals surface area (Å²) in [5.41, 5.74) is 4.18. The average molecular weight is 632 g/mol. The van der Waals surface area contributed by atoms with Crippen molar-refractivity contribution in [3.8, 4) is 0 Å². The molecule has 2 aliphatic rings. The molecule has 1 aliphatic carbocycles. The normalized spacial score (nSPS) is 22.2. The number of rotatable bonds is 9. The van der Waals surface area contributed by atoms with E-state index in [1.807, 2.05) is 65.4 Å². The van der Waals surface area contributed by atoms with Crippen LogP contribution in [0, 0.1) is 0 Å². The summed E-state index contributed by atoms with van der Waals surface area (Å²) in [4.78, 5) is 30.1. The van der Waals surface area contributed by atoms with Gasteiger partial charge in [-0.3, -0.25) is 9.59 Å². The Bertz CT molecular complexity index is 1470. The van der Waals surface area contributed by atoms with Crippen LogP contribution in [-0.4, -0.2) is 41.8 Å². The van der Waals surface area contributed by atoms with Gasteiger partial charge in [0.05, 0.1) is 15.6 Å². The van der Waals surface area contributed by atoms with E-state index >= 15 is 0 Å². The van der Waals surface area contributed by atoms with Gasteiger partial charge in [-0.1, -0.05) is 95.9 Å². The molecule has 0 spiro atoms. The Hall–Kier alpha value is -3.08. The summed E-state index contributed by atoms with van der Waals surface area (Å²) >= 11 is 12.9. The minimum absolute atomic E-state index is 0.0933. The van der Waals surface area contributed by atoms with Gasteiger partial charge in [-0.25, -0.2) is 0 Å². The summed E-state index contributed by atoms with van der Waals surface area (Å²) in [6.07, 6.45) is 12.4. The number of unbranched alkanes of at least 4 members (excludes halogenated alkanes) is 1. The summed E-state index contributed by atoms with van der Waals surface area (Å²) in [7, 11) is 1.96. The second kappa shape index (κ2) is 14.3. The minimum atomic E-state index is -0.278. The highest BCUT2D eigenvalue weighted by atomic mass is 35.5. The van der Waals surface area contributed by atoms with E-state index in [0.29, 0.717) is 16.6 Å². The molecule has 1 heterocycles. The topological polar surface area (TPSA) is 40.6 Å². The largest absolute Gasteiger partial charge is 0.338 e. The molecule has 1 fully saturated rings. The van der Waals surface area contributed by atoms with Gasteiger partial charge in [0.15, 0.2) is 0 Å². The zero-order valence-corrected chi connectivity index (χ0v) is 27.5. The van der Waals surface area contributed by atoms with Crippen molar-refractivity contribution < 1.29 is 9.59 Å².